The van der Waals surface area contributed by atoms with Gasteiger partial charge in [-0.2, -0.15) is 5.11 Å². The maximum Gasteiger partial charge on any atom is 2.00 e. The van der Waals surface area contributed by atoms with E-state index in [1.165, 1.54) is 12.1 Å². The molecule has 1 N–H and O–H groups in total. The fraction of sp³-hybridized carbons (Fsp3) is 0. The summed E-state index contributed by atoms with van der Waals surface area (Å²) in [4.78, 5) is -1.44. The number of aromatic hydroxyl groups is 1. The van der Waals surface area contributed by atoms with Gasteiger partial charge in [0.15, 0.2) is 5.75 Å². The minimum Gasteiger partial charge on any atom is -0.744 e. The average Bonchev–Trinajstić information content (AvgIpc) is 2.71. The van der Waals surface area contributed by atoms with Crippen molar-refractivity contribution < 1.29 is 31.0 Å². The molecule has 4 aromatic rings. The minimum absolute atomic E-state index is 0. The van der Waals surface area contributed by atoms with E-state index in [0.717, 1.165) is 29.7 Å². The van der Waals surface area contributed by atoms with Crippen LogP contribution >= 0.6 is 0 Å². The molecule has 0 atom stereocenters. The third-order valence-corrected chi connectivity index (χ3v) is 6.37. The third kappa shape index (κ3) is 4.90. The average molecular weight is 594 g/mol. The molecule has 0 bridgehead atoms. The molecule has 0 aliphatic heterocycles. The maximum absolute atomic E-state index is 11.7. The van der Waals surface area contributed by atoms with Crippen molar-refractivity contribution in [1.29, 1.82) is 0 Å². The Morgan fingerprint density at radius 1 is 0.688 bits per heavy atom. The second-order valence-corrected chi connectivity index (χ2v) is 9.25. The Balaban J connectivity index is 0.00000289. The zero-order chi connectivity index (χ0) is 22.4. The van der Waals surface area contributed by atoms with E-state index >= 15 is 0 Å². The molecule has 9 nitrogen and oxygen atoms in total. The first kappa shape index (κ1) is 24.8. The Morgan fingerprint density at radius 3 is 2.03 bits per heavy atom. The van der Waals surface area contributed by atoms with Crippen molar-refractivity contribution in [2.45, 2.75) is 9.79 Å². The van der Waals surface area contributed by atoms with Gasteiger partial charge in [0.25, 0.3) is 0 Å². The summed E-state index contributed by atoms with van der Waals surface area (Å²) in [5, 5.41) is 18.9. The van der Waals surface area contributed by atoms with Crippen molar-refractivity contribution in [2.24, 2.45) is 10.2 Å². The SMILES string of the molecule is O=S(=O)([O-])c1cc(N=Nc2ccc3ccccc3c2O)cc2c(S(=O)(=O)[O-])cccc12.[Ba+2]. The number of benzene rings is 4. The second-order valence-electron chi connectivity index (χ2n) is 6.56. The number of hydrogen-bond acceptors (Lipinski definition) is 9. The first-order chi connectivity index (χ1) is 14.6. The molecule has 0 unspecified atom stereocenters. The molecule has 0 amide bonds. The number of fused-ring (bicyclic) bond motifs is 2. The zero-order valence-electron chi connectivity index (χ0n) is 16.2. The molecule has 12 heteroatoms. The standard InChI is InChI=1S/C20H14N2O7S2.Ba/c23-20-14-5-2-1-4-12(14)8-9-17(20)22-21-13-10-16-15(19(11-13)31(27,28)29)6-3-7-18(16)30(24,25)26;/h1-11,23H,(H,24,25,26)(H,27,28,29);/q;+2/p-2. The van der Waals surface area contributed by atoms with Gasteiger partial charge in [-0.3, -0.25) is 0 Å². The van der Waals surface area contributed by atoms with Gasteiger partial charge in [-0.1, -0.05) is 42.5 Å². The first-order valence-electron chi connectivity index (χ1n) is 8.67. The van der Waals surface area contributed by atoms with Crippen LogP contribution in [0.1, 0.15) is 0 Å². The van der Waals surface area contributed by atoms with E-state index in [4.69, 9.17) is 0 Å². The molecule has 0 saturated heterocycles. The zero-order valence-corrected chi connectivity index (χ0v) is 22.2. The predicted octanol–water partition coefficient (Wildman–Crippen LogP) is 3.54. The van der Waals surface area contributed by atoms with Gasteiger partial charge in [0.1, 0.15) is 25.9 Å². The van der Waals surface area contributed by atoms with E-state index in [2.05, 4.69) is 10.2 Å². The molecule has 32 heavy (non-hydrogen) atoms. The Bertz CT molecular complexity index is 1600. The maximum atomic E-state index is 11.7. The molecule has 4 aromatic carbocycles. The van der Waals surface area contributed by atoms with E-state index < -0.39 is 30.0 Å². The van der Waals surface area contributed by atoms with Crippen molar-refractivity contribution in [2.75, 3.05) is 0 Å². The van der Waals surface area contributed by atoms with Crippen LogP contribution in [0.2, 0.25) is 0 Å². The minimum atomic E-state index is -5.03. The molecule has 0 aliphatic rings. The molecule has 0 heterocycles. The molecule has 0 aliphatic carbocycles. The summed E-state index contributed by atoms with van der Waals surface area (Å²) >= 11 is 0. The van der Waals surface area contributed by atoms with Gasteiger partial charge in [-0.05, 0) is 29.7 Å². The van der Waals surface area contributed by atoms with Crippen molar-refractivity contribution in [3.63, 3.8) is 0 Å². The van der Waals surface area contributed by atoms with Gasteiger partial charge >= 0.3 is 48.9 Å². The third-order valence-electron chi connectivity index (χ3n) is 4.59. The summed E-state index contributed by atoms with van der Waals surface area (Å²) in [7, 11) is -10.00. The summed E-state index contributed by atoms with van der Waals surface area (Å²) < 4.78 is 70.0. The number of phenols is 1. The smallest absolute Gasteiger partial charge is 0.744 e. The normalized spacial score (nSPS) is 12.3. The second kappa shape index (κ2) is 9.21. The van der Waals surface area contributed by atoms with Crippen LogP contribution < -0.4 is 0 Å². The van der Waals surface area contributed by atoms with Crippen molar-refractivity contribution in [3.8, 4) is 5.75 Å². The van der Waals surface area contributed by atoms with Crippen LogP contribution in [0.15, 0.2) is 86.7 Å². The molecule has 4 rings (SSSR count). The summed E-state index contributed by atoms with van der Waals surface area (Å²) in [6, 6.07) is 15.6. The molecular formula is C20H12BaN2O7S2. The van der Waals surface area contributed by atoms with E-state index in [-0.39, 0.29) is 76.8 Å². The van der Waals surface area contributed by atoms with Gasteiger partial charge in [0.2, 0.25) is 0 Å². The summed E-state index contributed by atoms with van der Waals surface area (Å²) in [5.41, 5.74) is -0.124. The topological polar surface area (TPSA) is 159 Å². The molecular weight excluding hydrogens is 582 g/mol. The Labute approximate surface area is 223 Å². The van der Waals surface area contributed by atoms with Crippen LogP contribution in [-0.2, 0) is 20.2 Å². The molecule has 0 saturated carbocycles. The molecule has 158 valence electrons. The van der Waals surface area contributed by atoms with Gasteiger partial charge in [-0.15, -0.1) is 5.11 Å². The number of rotatable bonds is 4. The summed E-state index contributed by atoms with van der Waals surface area (Å²) in [6.45, 7) is 0. The Morgan fingerprint density at radius 2 is 1.34 bits per heavy atom. The predicted molar refractivity (Wildman–Crippen MR) is 115 cm³/mol. The number of hydrogen-bond donors (Lipinski definition) is 1. The Kier molecular flexibility index (Phi) is 7.14. The Hall–Kier alpha value is -1.81. The van der Waals surface area contributed by atoms with Gasteiger partial charge < -0.3 is 14.2 Å². The van der Waals surface area contributed by atoms with E-state index in [1.807, 2.05) is 0 Å². The fourth-order valence-electron chi connectivity index (χ4n) is 3.23. The van der Waals surface area contributed by atoms with Crippen LogP contribution in [0.25, 0.3) is 21.5 Å². The van der Waals surface area contributed by atoms with E-state index in [0.29, 0.717) is 5.39 Å². The number of phenolic OH excluding ortho intramolecular Hbond substituents is 1. The van der Waals surface area contributed by atoms with Gasteiger partial charge in [0.05, 0.1) is 15.5 Å². The van der Waals surface area contributed by atoms with Crippen molar-refractivity contribution in [3.05, 3.63) is 66.7 Å². The van der Waals surface area contributed by atoms with Crippen LogP contribution in [0.5, 0.6) is 5.75 Å². The van der Waals surface area contributed by atoms with Crippen LogP contribution in [0.4, 0.5) is 11.4 Å². The van der Waals surface area contributed by atoms with Crippen LogP contribution in [0, 0.1) is 0 Å². The van der Waals surface area contributed by atoms with Gasteiger partial charge in [-0.25, -0.2) is 16.8 Å². The van der Waals surface area contributed by atoms with Crippen LogP contribution in [-0.4, -0.2) is 79.9 Å². The van der Waals surface area contributed by atoms with Crippen LogP contribution in [0.3, 0.4) is 0 Å². The molecule has 0 spiro atoms. The fourth-order valence-corrected chi connectivity index (χ4v) is 4.62. The number of azo groups is 1. The first-order valence-corrected chi connectivity index (χ1v) is 11.5. The largest absolute Gasteiger partial charge is 2.00 e. The molecule has 0 aromatic heterocycles. The van der Waals surface area contributed by atoms with Crippen molar-refractivity contribution >= 4 is 102 Å². The molecule has 0 fully saturated rings. The molecule has 0 radical (unpaired) electrons. The van der Waals surface area contributed by atoms with Gasteiger partial charge in [0, 0.05) is 16.2 Å². The monoisotopic (exact) mass is 594 g/mol. The van der Waals surface area contributed by atoms with E-state index in [1.54, 1.807) is 30.3 Å². The quantitative estimate of drug-likeness (QED) is 0.215. The van der Waals surface area contributed by atoms with Crippen molar-refractivity contribution in [1.82, 2.24) is 0 Å². The van der Waals surface area contributed by atoms with E-state index in [9.17, 15) is 31.0 Å². The number of nitrogens with zero attached hydrogens (tertiary/aromatic N) is 2. The summed E-state index contributed by atoms with van der Waals surface area (Å²) in [6.07, 6.45) is 0. The summed E-state index contributed by atoms with van der Waals surface area (Å²) in [5.74, 6) is -0.165.